The van der Waals surface area contributed by atoms with Gasteiger partial charge in [0.2, 0.25) is 5.91 Å². The Kier molecular flexibility index (Phi) is 9.27. The normalized spacial score (nSPS) is 15.5. The van der Waals surface area contributed by atoms with Crippen LogP contribution >= 0.6 is 0 Å². The molecule has 14 heteroatoms. The first-order chi connectivity index (χ1) is 14.2. The molecule has 174 valence electrons. The quantitative estimate of drug-likeness (QED) is 0.177. The van der Waals surface area contributed by atoms with Gasteiger partial charge in [0.25, 0.3) is 0 Å². The van der Waals surface area contributed by atoms with Crippen LogP contribution in [0.5, 0.6) is 0 Å². The molecule has 0 radical (unpaired) electrons. The van der Waals surface area contributed by atoms with E-state index in [0.717, 1.165) is 0 Å². The Morgan fingerprint density at radius 1 is 1.16 bits per heavy atom. The van der Waals surface area contributed by atoms with Gasteiger partial charge in [-0.2, -0.15) is 0 Å². The average Bonchev–Trinajstić information content (AvgIpc) is 3.11. The van der Waals surface area contributed by atoms with Crippen LogP contribution in [0.2, 0.25) is 0 Å². The van der Waals surface area contributed by atoms with E-state index in [4.69, 9.17) is 10.8 Å². The zero-order valence-corrected chi connectivity index (χ0v) is 18.2. The maximum Gasteiger partial charge on any atom is 0.362 e. The number of H-pyrrole nitrogens is 1. The number of quaternary nitrogens is 1. The number of imidazole rings is 1. The summed E-state index contributed by atoms with van der Waals surface area (Å²) < 4.78 is 12.7. The summed E-state index contributed by atoms with van der Waals surface area (Å²) >= 11 is 0. The minimum Gasteiger partial charge on any atom is -0.480 e. The van der Waals surface area contributed by atoms with Gasteiger partial charge in [-0.1, -0.05) is 0 Å². The lowest BCUT2D eigenvalue weighted by Gasteiger charge is -2.30. The topological polar surface area (TPSA) is 213 Å². The van der Waals surface area contributed by atoms with Crippen molar-refractivity contribution in [2.24, 2.45) is 5.73 Å². The largest absolute Gasteiger partial charge is 0.480 e. The van der Waals surface area contributed by atoms with Gasteiger partial charge in [-0.05, 0) is 6.42 Å². The molecule has 0 bridgehead atoms. The van der Waals surface area contributed by atoms with Crippen LogP contribution in [0, 0.1) is 0 Å². The third kappa shape index (κ3) is 8.43. The van der Waals surface area contributed by atoms with Gasteiger partial charge >= 0.3 is 17.9 Å². The standard InChI is InChI=1S/C17H27N5O8S/c1-22(2,3)12(16(28)29)6-9-7-19-17(20-9)31(30)8-11(15(26)27)21-13(23)5-4-10(18)14(24)25/h7,10-12H,4-6,8,18H2,1-3H3,(H4-,19,20,21,23,24,25,26,27,28,29)/p+1/t10-,11-,12-,31?/m0/s1. The molecule has 1 amide bonds. The van der Waals surface area contributed by atoms with E-state index in [1.54, 1.807) is 21.1 Å². The SMILES string of the molecule is C[N+](C)(C)[C@@H](Cc1cnc(S(=O)C[C@H](NC(=O)CC[C@H](N)C(=O)O)C(=O)O)[nH]1)C(=O)O. The first-order valence-electron chi connectivity index (χ1n) is 9.19. The van der Waals surface area contributed by atoms with E-state index in [9.17, 15) is 33.6 Å². The van der Waals surface area contributed by atoms with E-state index >= 15 is 0 Å². The summed E-state index contributed by atoms with van der Waals surface area (Å²) in [7, 11) is 3.23. The number of nitrogens with zero attached hydrogens (tertiary/aromatic N) is 2. The third-order valence-electron chi connectivity index (χ3n) is 4.41. The molecule has 0 aromatic carbocycles. The summed E-state index contributed by atoms with van der Waals surface area (Å²) in [5, 5.41) is 29.5. The molecule has 0 aliphatic heterocycles. The van der Waals surface area contributed by atoms with Gasteiger partial charge in [-0.3, -0.25) is 13.8 Å². The fraction of sp³-hybridized carbons (Fsp3) is 0.588. The number of likely N-dealkylation sites (N-methyl/N-ethyl adjacent to an activating group) is 1. The van der Waals surface area contributed by atoms with Gasteiger partial charge in [0, 0.05) is 18.3 Å². The molecule has 0 saturated heterocycles. The Morgan fingerprint density at radius 3 is 2.26 bits per heavy atom. The smallest absolute Gasteiger partial charge is 0.362 e. The maximum absolute atomic E-state index is 12.5. The number of carboxylic acid groups (broad SMARTS) is 3. The van der Waals surface area contributed by atoms with Crippen molar-refractivity contribution in [3.63, 3.8) is 0 Å². The van der Waals surface area contributed by atoms with Crippen molar-refractivity contribution in [3.05, 3.63) is 11.9 Å². The molecular formula is C17H28N5O8S+. The molecule has 1 rings (SSSR count). The molecule has 1 aromatic rings. The van der Waals surface area contributed by atoms with Gasteiger partial charge in [0.05, 0.1) is 44.1 Å². The predicted octanol–water partition coefficient (Wildman–Crippen LogP) is -2.02. The van der Waals surface area contributed by atoms with E-state index in [1.165, 1.54) is 6.20 Å². The van der Waals surface area contributed by atoms with Gasteiger partial charge in [0.1, 0.15) is 12.1 Å². The molecular weight excluding hydrogens is 434 g/mol. The lowest BCUT2D eigenvalue weighted by molar-refractivity contribution is -0.887. The number of aromatic amines is 1. The fourth-order valence-corrected chi connectivity index (χ4v) is 3.64. The highest BCUT2D eigenvalue weighted by atomic mass is 32.2. The first kappa shape index (κ1) is 26.2. The van der Waals surface area contributed by atoms with Crippen LogP contribution in [0.1, 0.15) is 18.5 Å². The van der Waals surface area contributed by atoms with E-state index in [0.29, 0.717) is 5.69 Å². The molecule has 0 aliphatic rings. The Labute approximate surface area is 180 Å². The highest BCUT2D eigenvalue weighted by Crippen LogP contribution is 2.12. The molecule has 1 aromatic heterocycles. The summed E-state index contributed by atoms with van der Waals surface area (Å²) in [6.07, 6.45) is 0.929. The van der Waals surface area contributed by atoms with Gasteiger partial charge < -0.3 is 35.8 Å². The molecule has 31 heavy (non-hydrogen) atoms. The molecule has 0 spiro atoms. The molecule has 7 N–H and O–H groups in total. The molecule has 0 aliphatic carbocycles. The van der Waals surface area contributed by atoms with Crippen molar-refractivity contribution in [2.45, 2.75) is 42.5 Å². The number of carbonyl (C=O) groups is 4. The number of nitrogens with one attached hydrogen (secondary N) is 2. The molecule has 13 nitrogen and oxygen atoms in total. The second-order valence-corrected chi connectivity index (χ2v) is 9.25. The Hall–Kier alpha value is -2.84. The van der Waals surface area contributed by atoms with Gasteiger partial charge in [-0.15, -0.1) is 0 Å². The summed E-state index contributed by atoms with van der Waals surface area (Å²) in [5.41, 5.74) is 5.72. The Bertz CT molecular complexity index is 850. The number of carbonyl (C=O) groups excluding carboxylic acids is 1. The molecule has 4 atom stereocenters. The predicted molar refractivity (Wildman–Crippen MR) is 107 cm³/mol. The lowest BCUT2D eigenvalue weighted by atomic mass is 10.1. The zero-order chi connectivity index (χ0) is 23.9. The average molecular weight is 463 g/mol. The van der Waals surface area contributed by atoms with Gasteiger partial charge in [0.15, 0.2) is 11.2 Å². The number of aliphatic carboxylic acids is 3. The summed E-state index contributed by atoms with van der Waals surface area (Å²) in [6.45, 7) is 0. The van der Waals surface area contributed by atoms with Crippen molar-refractivity contribution < 1.29 is 43.2 Å². The van der Waals surface area contributed by atoms with Crippen molar-refractivity contribution in [1.82, 2.24) is 15.3 Å². The number of rotatable bonds is 13. The van der Waals surface area contributed by atoms with Crippen LogP contribution in [0.15, 0.2) is 11.4 Å². The fourth-order valence-electron chi connectivity index (χ4n) is 2.54. The highest BCUT2D eigenvalue weighted by molar-refractivity contribution is 7.84. The third-order valence-corrected chi connectivity index (χ3v) is 5.68. The van der Waals surface area contributed by atoms with E-state index < -0.39 is 58.5 Å². The summed E-state index contributed by atoms with van der Waals surface area (Å²) in [4.78, 5) is 52.1. The van der Waals surface area contributed by atoms with Crippen molar-refractivity contribution in [2.75, 3.05) is 26.9 Å². The summed E-state index contributed by atoms with van der Waals surface area (Å²) in [5.74, 6) is -4.95. The number of nitrogens with two attached hydrogens (primary N) is 1. The molecule has 1 unspecified atom stereocenters. The van der Waals surface area contributed by atoms with Crippen molar-refractivity contribution in [3.8, 4) is 0 Å². The minimum absolute atomic E-state index is 0.0473. The number of carboxylic acids is 3. The van der Waals surface area contributed by atoms with Crippen LogP contribution in [0.25, 0.3) is 0 Å². The van der Waals surface area contributed by atoms with Crippen molar-refractivity contribution in [1.29, 1.82) is 0 Å². The summed E-state index contributed by atoms with van der Waals surface area (Å²) in [6, 6.07) is -3.54. The number of hydrogen-bond donors (Lipinski definition) is 6. The molecule has 0 fully saturated rings. The lowest BCUT2D eigenvalue weighted by Crippen LogP contribution is -2.51. The molecule has 1 heterocycles. The van der Waals surface area contributed by atoms with Crippen LogP contribution in [0.4, 0.5) is 0 Å². The van der Waals surface area contributed by atoms with E-state index in [-0.39, 0.29) is 28.9 Å². The second-order valence-electron chi connectivity index (χ2n) is 7.84. The van der Waals surface area contributed by atoms with Crippen LogP contribution in [-0.4, -0.2) is 103 Å². The highest BCUT2D eigenvalue weighted by Gasteiger charge is 2.32. The van der Waals surface area contributed by atoms with E-state index in [2.05, 4.69) is 15.3 Å². The zero-order valence-electron chi connectivity index (χ0n) is 17.4. The molecule has 0 saturated carbocycles. The van der Waals surface area contributed by atoms with Crippen LogP contribution in [0.3, 0.4) is 0 Å². The minimum atomic E-state index is -1.93. The number of amides is 1. The van der Waals surface area contributed by atoms with Gasteiger partial charge in [-0.25, -0.2) is 14.6 Å². The second kappa shape index (κ2) is 11.0. The van der Waals surface area contributed by atoms with E-state index in [1.807, 2.05) is 0 Å². The van der Waals surface area contributed by atoms with Crippen molar-refractivity contribution >= 4 is 34.6 Å². The van der Waals surface area contributed by atoms with Crippen LogP contribution in [-0.2, 0) is 36.4 Å². The monoisotopic (exact) mass is 462 g/mol. The maximum atomic E-state index is 12.5. The number of hydrogen-bond acceptors (Lipinski definition) is 7. The first-order valence-corrected chi connectivity index (χ1v) is 10.5. The van der Waals surface area contributed by atoms with Crippen LogP contribution < -0.4 is 11.1 Å². The Morgan fingerprint density at radius 2 is 1.77 bits per heavy atom. The Balaban J connectivity index is 2.77. The number of aromatic nitrogens is 2.